The molecule has 21 heavy (non-hydrogen) atoms. The van der Waals surface area contributed by atoms with Crippen molar-refractivity contribution in [3.63, 3.8) is 0 Å². The quantitative estimate of drug-likeness (QED) is 0.186. The summed E-state index contributed by atoms with van der Waals surface area (Å²) >= 11 is 2.16. The van der Waals surface area contributed by atoms with Crippen LogP contribution < -0.4 is 0 Å². The van der Waals surface area contributed by atoms with Crippen molar-refractivity contribution in [3.8, 4) is 6.07 Å². The molecule has 0 aliphatic rings. The van der Waals surface area contributed by atoms with Crippen LogP contribution in [0.25, 0.3) is 0 Å². The molecule has 0 aromatic heterocycles. The minimum absolute atomic E-state index is 0.703. The number of nitrogens with zero attached hydrogens (tertiary/aromatic N) is 1. The van der Waals surface area contributed by atoms with E-state index in [1.54, 1.807) is 21.3 Å². The minimum Gasteiger partial charge on any atom is -0.375 e. The maximum Gasteiger partial charge on any atom is 0.531 e. The largest absolute Gasteiger partial charge is 0.531 e. The predicted octanol–water partition coefficient (Wildman–Crippen LogP) is 4.63. The first-order valence-corrected chi connectivity index (χ1v) is 10.6. The molecule has 0 N–H and O–H groups in total. The Balaban J connectivity index is 4.17. The summed E-state index contributed by atoms with van der Waals surface area (Å²) in [6.45, 7) is 2.24. The molecule has 1 atom stereocenters. The summed E-state index contributed by atoms with van der Waals surface area (Å²) in [6, 6.07) is 2.36. The lowest BCUT2D eigenvalue weighted by Gasteiger charge is -2.34. The number of halogens is 1. The van der Waals surface area contributed by atoms with Crippen molar-refractivity contribution in [1.29, 1.82) is 5.26 Å². The Hall–Kier alpha value is 0.317. The van der Waals surface area contributed by atoms with Crippen molar-refractivity contribution >= 4 is 31.4 Å². The Labute approximate surface area is 145 Å². The van der Waals surface area contributed by atoms with Crippen LogP contribution in [0.2, 0.25) is 0 Å². The van der Waals surface area contributed by atoms with E-state index in [0.29, 0.717) is 0 Å². The molecule has 4 nitrogen and oxygen atoms in total. The standard InChI is InChI=1S/C15H30INO3Si/c1-5-6-7-8-9-10-11-12-13-15(16,14-17)21(18-2,19-3)20-4/h5-13H2,1-4H3. The second kappa shape index (κ2) is 11.8. The van der Waals surface area contributed by atoms with Gasteiger partial charge < -0.3 is 13.3 Å². The molecule has 0 rings (SSSR count). The van der Waals surface area contributed by atoms with Gasteiger partial charge >= 0.3 is 8.80 Å². The lowest BCUT2D eigenvalue weighted by atomic mass is 10.1. The highest BCUT2D eigenvalue weighted by atomic mass is 127. The molecule has 0 amide bonds. The molecule has 0 aliphatic carbocycles. The molecule has 1 unspecified atom stereocenters. The Morgan fingerprint density at radius 1 is 0.905 bits per heavy atom. The third kappa shape index (κ3) is 6.53. The maximum atomic E-state index is 9.55. The van der Waals surface area contributed by atoms with E-state index in [4.69, 9.17) is 13.3 Å². The average Bonchev–Trinajstić information content (AvgIpc) is 2.52. The third-order valence-corrected chi connectivity index (χ3v) is 9.55. The van der Waals surface area contributed by atoms with Gasteiger partial charge in [0, 0.05) is 21.3 Å². The summed E-state index contributed by atoms with van der Waals surface area (Å²) in [7, 11) is 1.77. The van der Waals surface area contributed by atoms with Gasteiger partial charge in [-0.3, -0.25) is 0 Å². The summed E-state index contributed by atoms with van der Waals surface area (Å²) in [4.78, 5) is 0. The van der Waals surface area contributed by atoms with Gasteiger partial charge in [0.05, 0.1) is 6.07 Å². The van der Waals surface area contributed by atoms with E-state index in [-0.39, 0.29) is 0 Å². The van der Waals surface area contributed by atoms with Crippen LogP contribution >= 0.6 is 22.6 Å². The van der Waals surface area contributed by atoms with Gasteiger partial charge in [-0.05, 0) is 6.42 Å². The Morgan fingerprint density at radius 2 is 1.33 bits per heavy atom. The van der Waals surface area contributed by atoms with Gasteiger partial charge in [0.15, 0.2) is 3.04 Å². The zero-order valence-electron chi connectivity index (χ0n) is 13.9. The van der Waals surface area contributed by atoms with Crippen molar-refractivity contribution in [2.75, 3.05) is 21.3 Å². The first kappa shape index (κ1) is 21.3. The first-order chi connectivity index (χ1) is 10.1. The van der Waals surface area contributed by atoms with Crippen molar-refractivity contribution < 1.29 is 13.3 Å². The molecular weight excluding hydrogens is 397 g/mol. The van der Waals surface area contributed by atoms with E-state index in [2.05, 4.69) is 35.6 Å². The summed E-state index contributed by atoms with van der Waals surface area (Å²) < 4.78 is 15.7. The summed E-state index contributed by atoms with van der Waals surface area (Å²) in [5, 5.41) is 9.55. The fourth-order valence-corrected chi connectivity index (χ4v) is 6.97. The highest BCUT2D eigenvalue weighted by molar-refractivity contribution is 14.1. The molecule has 0 saturated carbocycles. The molecule has 124 valence electrons. The number of rotatable bonds is 13. The Bertz CT molecular complexity index is 300. The van der Waals surface area contributed by atoms with Crippen molar-refractivity contribution in [1.82, 2.24) is 0 Å². The van der Waals surface area contributed by atoms with Gasteiger partial charge in [0.25, 0.3) is 0 Å². The molecule has 0 aromatic carbocycles. The molecule has 0 heterocycles. The lowest BCUT2D eigenvalue weighted by molar-refractivity contribution is 0.115. The van der Waals surface area contributed by atoms with Crippen LogP contribution in [0.3, 0.4) is 0 Å². The van der Waals surface area contributed by atoms with Gasteiger partial charge in [-0.1, -0.05) is 80.9 Å². The monoisotopic (exact) mass is 427 g/mol. The van der Waals surface area contributed by atoms with Gasteiger partial charge in [-0.25, -0.2) is 0 Å². The highest BCUT2D eigenvalue weighted by Gasteiger charge is 2.59. The molecule has 0 radical (unpaired) electrons. The van der Waals surface area contributed by atoms with E-state index in [1.807, 2.05) is 0 Å². The molecule has 0 bridgehead atoms. The number of hydrogen-bond acceptors (Lipinski definition) is 4. The molecular formula is C15H30INO3Si. The minimum atomic E-state index is -2.93. The molecule has 0 aromatic rings. The number of alkyl halides is 1. The zero-order valence-corrected chi connectivity index (χ0v) is 17.1. The van der Waals surface area contributed by atoms with Crippen LogP contribution in [0.5, 0.6) is 0 Å². The molecule has 0 fully saturated rings. The van der Waals surface area contributed by atoms with Crippen molar-refractivity contribution in [2.45, 2.75) is 67.8 Å². The Kier molecular flexibility index (Phi) is 12.0. The van der Waals surface area contributed by atoms with Crippen LogP contribution in [0, 0.1) is 11.3 Å². The highest BCUT2D eigenvalue weighted by Crippen LogP contribution is 2.36. The lowest BCUT2D eigenvalue weighted by Crippen LogP contribution is -2.59. The van der Waals surface area contributed by atoms with E-state index >= 15 is 0 Å². The fraction of sp³-hybridized carbons (Fsp3) is 0.933. The summed E-state index contributed by atoms with van der Waals surface area (Å²) in [6.07, 6.45) is 10.8. The molecule has 0 aliphatic heterocycles. The second-order valence-electron chi connectivity index (χ2n) is 5.31. The number of unbranched alkanes of at least 4 members (excludes halogenated alkanes) is 7. The van der Waals surface area contributed by atoms with E-state index in [1.165, 1.54) is 38.5 Å². The van der Waals surface area contributed by atoms with E-state index in [9.17, 15) is 5.26 Å². The topological polar surface area (TPSA) is 51.5 Å². The van der Waals surface area contributed by atoms with E-state index < -0.39 is 11.8 Å². The fourth-order valence-electron chi connectivity index (χ4n) is 2.52. The SMILES string of the molecule is CCCCCCCCCCC(I)(C#N)[Si](OC)(OC)OC. The van der Waals surface area contributed by atoms with Crippen LogP contribution in [0.15, 0.2) is 0 Å². The van der Waals surface area contributed by atoms with Gasteiger partial charge in [0.2, 0.25) is 0 Å². The van der Waals surface area contributed by atoms with Gasteiger partial charge in [-0.15, -0.1) is 0 Å². The predicted molar refractivity (Wildman–Crippen MR) is 96.4 cm³/mol. The summed E-state index contributed by atoms with van der Waals surface area (Å²) in [5.41, 5.74) is 0. The normalized spacial score (nSPS) is 14.7. The van der Waals surface area contributed by atoms with Crippen LogP contribution in [0.4, 0.5) is 0 Å². The second-order valence-corrected chi connectivity index (χ2v) is 11.4. The summed E-state index contributed by atoms with van der Waals surface area (Å²) in [5.74, 6) is 0. The van der Waals surface area contributed by atoms with Gasteiger partial charge in [0.1, 0.15) is 0 Å². The van der Waals surface area contributed by atoms with Crippen molar-refractivity contribution in [2.24, 2.45) is 0 Å². The van der Waals surface area contributed by atoms with Crippen LogP contribution in [0.1, 0.15) is 64.7 Å². The molecule has 0 saturated heterocycles. The molecule has 6 heteroatoms. The van der Waals surface area contributed by atoms with Crippen LogP contribution in [-0.4, -0.2) is 33.2 Å². The maximum absolute atomic E-state index is 9.55. The van der Waals surface area contributed by atoms with Gasteiger partial charge in [-0.2, -0.15) is 5.26 Å². The molecule has 0 spiro atoms. The third-order valence-electron chi connectivity index (χ3n) is 3.84. The van der Waals surface area contributed by atoms with Crippen molar-refractivity contribution in [3.05, 3.63) is 0 Å². The number of hydrogen-bond donors (Lipinski definition) is 0. The van der Waals surface area contributed by atoms with E-state index in [0.717, 1.165) is 19.3 Å². The van der Waals surface area contributed by atoms with Crippen LogP contribution in [-0.2, 0) is 13.3 Å². The Morgan fingerprint density at radius 3 is 1.71 bits per heavy atom. The average molecular weight is 427 g/mol. The smallest absolute Gasteiger partial charge is 0.375 e. The first-order valence-electron chi connectivity index (χ1n) is 7.81. The zero-order chi connectivity index (χ0) is 16.2. The number of nitriles is 1.